The van der Waals surface area contributed by atoms with Crippen LogP contribution < -0.4 is 25.8 Å². The number of amides is 4. The van der Waals surface area contributed by atoms with Crippen molar-refractivity contribution in [2.45, 2.75) is 6.92 Å². The zero-order valence-corrected chi connectivity index (χ0v) is 71.5. The van der Waals surface area contributed by atoms with Gasteiger partial charge in [-0.2, -0.15) is 0 Å². The summed E-state index contributed by atoms with van der Waals surface area (Å²) >= 11 is 5.41. The van der Waals surface area contributed by atoms with Crippen LogP contribution in [0.5, 0.6) is 0 Å². The van der Waals surface area contributed by atoms with E-state index in [1.54, 1.807) is 190 Å². The number of benzene rings is 11. The highest BCUT2D eigenvalue weighted by Gasteiger charge is 2.25. The smallest absolute Gasteiger partial charge is 0.339 e. The number of halogens is 1. The highest BCUT2D eigenvalue weighted by atomic mass is 35.5. The molecule has 0 aromatic heterocycles. The Bertz CT molecular complexity index is 6010. The zero-order chi connectivity index (χ0) is 92.6. The third-order valence-electron chi connectivity index (χ3n) is 19.0. The lowest BCUT2D eigenvalue weighted by Crippen LogP contribution is -2.27. The Morgan fingerprint density at radius 2 is 0.575 bits per heavy atom. The van der Waals surface area contributed by atoms with E-state index in [0.29, 0.717) is 72.6 Å². The van der Waals surface area contributed by atoms with Crippen molar-refractivity contribution >= 4 is 159 Å². The van der Waals surface area contributed by atoms with Gasteiger partial charge in [0.05, 0.1) is 118 Å². The summed E-state index contributed by atoms with van der Waals surface area (Å²) in [6, 6.07) is 65.5. The molecule has 11 aromatic rings. The maximum atomic E-state index is 13.1. The summed E-state index contributed by atoms with van der Waals surface area (Å²) in [6.45, 7) is 1.87. The number of hydrogen-bond acceptors (Lipinski definition) is 23. The van der Waals surface area contributed by atoms with Gasteiger partial charge < -0.3 is 68.8 Å². The van der Waals surface area contributed by atoms with Crippen LogP contribution in [0.3, 0.4) is 0 Å². The lowest BCUT2D eigenvalue weighted by Gasteiger charge is -2.18. The van der Waals surface area contributed by atoms with Gasteiger partial charge in [-0.1, -0.05) is 97.1 Å². The number of carboxylic acid groups (broad SMARTS) is 1. The van der Waals surface area contributed by atoms with Crippen LogP contribution in [0.25, 0.3) is 36.5 Å². The molecule has 11 aromatic carbocycles. The number of anilines is 5. The molecule has 0 aliphatic heterocycles. The molecule has 127 heavy (non-hydrogen) atoms. The first-order chi connectivity index (χ1) is 60.9. The van der Waals surface area contributed by atoms with E-state index in [1.165, 1.54) is 134 Å². The van der Waals surface area contributed by atoms with E-state index in [1.807, 2.05) is 49.4 Å². The Morgan fingerprint density at radius 1 is 0.291 bits per heavy atom. The van der Waals surface area contributed by atoms with Crippen molar-refractivity contribution in [2.75, 3.05) is 104 Å². The molecule has 0 atom stereocenters. The van der Waals surface area contributed by atoms with Crippen molar-refractivity contribution in [3.8, 4) is 0 Å². The van der Waals surface area contributed by atoms with Crippen LogP contribution in [0.2, 0.25) is 0 Å². The number of nitrogens with one attached hydrogen (secondary N) is 3. The number of aromatic carboxylic acids is 1. The van der Waals surface area contributed by atoms with E-state index in [4.69, 9.17) is 25.8 Å². The highest BCUT2D eigenvalue weighted by molar-refractivity contribution is 6.67. The molecule has 4 amide bonds. The van der Waals surface area contributed by atoms with Crippen molar-refractivity contribution in [3.63, 3.8) is 0 Å². The fourth-order valence-corrected chi connectivity index (χ4v) is 11.9. The third kappa shape index (κ3) is 26.5. The van der Waals surface area contributed by atoms with Gasteiger partial charge in [0, 0.05) is 66.0 Å². The van der Waals surface area contributed by atoms with Crippen molar-refractivity contribution in [1.29, 1.82) is 0 Å². The molecule has 29 heteroatoms. The fourth-order valence-electron chi connectivity index (χ4n) is 11.8. The average Bonchev–Trinajstić information content (AvgIpc) is 0.862. The monoisotopic (exact) mass is 1740 g/mol. The normalized spacial score (nSPS) is 10.5. The van der Waals surface area contributed by atoms with Crippen LogP contribution in [-0.4, -0.2) is 166 Å². The Balaban J connectivity index is 0.000000216. The molecule has 0 spiro atoms. The van der Waals surface area contributed by atoms with E-state index in [9.17, 15) is 72.2 Å². The van der Waals surface area contributed by atoms with Crippen molar-refractivity contribution in [2.24, 2.45) is 0 Å². The Hall–Kier alpha value is -16.5. The third-order valence-corrected chi connectivity index (χ3v) is 19.2. The van der Waals surface area contributed by atoms with Crippen molar-refractivity contribution in [3.05, 3.63) is 359 Å². The average molecular weight is 1740 g/mol. The number of ether oxygens (including phenoxy) is 8. The molecule has 0 bridgehead atoms. The molecule has 0 heterocycles. The molecule has 11 rings (SSSR count). The summed E-state index contributed by atoms with van der Waals surface area (Å²) in [7, 11) is 15.2. The summed E-state index contributed by atoms with van der Waals surface area (Å²) in [5, 5.41) is 17.4. The molecule has 0 radical (unpaired) electrons. The molecule has 0 saturated heterocycles. The second-order valence-electron chi connectivity index (χ2n) is 27.0. The number of carbonyl (C=O) groups is 14. The standard InChI is InChI=1S/C35H30N2O8.C25H22N2O5.C19H16ClNO6.C19H18O4/c1-37(32(39)25-12-14-27(15-13-25)34(41)44-3)28-18-16-24(17-19-28)31(38)36-30-20-9-23(21-29(30)35(42)45-4)6-5-22-7-10-26(11-8-22)33(40)43-2;1-26-20-12-10-18(11-13-20)23(28)27-22-14-7-17(15-21(22)24(29)30)4-3-16-5-8-19(9-6-16)25(31)32-2;1-21(13-7-4-11(5-8-13)16(20)22)17(23)12-6-9-14(18(24)26-2)15(10-12)19(25)27-3;1-13-4-5-15(12-17(13)19(21)23-3)7-6-14-8-10-16(11-9-14)18(20)22-2/h5-21H,1-4H3,(H,36,38);3-15,26H,1-2H3,(H,27,28)(H,29,30);4-10H,1-3H3;4-12H,1-3H3/b6-5+;4-3+;;7-6+. The maximum Gasteiger partial charge on any atom is 0.339 e. The number of nitrogens with zero attached hydrogens (tertiary/aromatic N) is 2. The van der Waals surface area contributed by atoms with Crippen LogP contribution in [0.15, 0.2) is 243 Å². The van der Waals surface area contributed by atoms with Crippen LogP contribution >= 0.6 is 11.6 Å². The van der Waals surface area contributed by atoms with E-state index in [0.717, 1.165) is 33.5 Å². The topological polar surface area (TPSA) is 376 Å². The number of aryl methyl sites for hydroxylation is 1. The quantitative estimate of drug-likeness (QED) is 0.0179. The SMILES string of the molecule is CNc1ccc(C(=O)Nc2ccc(/C=C/c3ccc(C(=O)OC)cc3)cc2C(=O)O)cc1.COC(=O)c1ccc(/C=C/c2ccc(C)c(C(=O)OC)c2)cc1.COC(=O)c1ccc(/C=C/c2ccc(NC(=O)c3ccc(N(C)C(=O)c4ccc(C(=O)OC)cc4)cc3)c(C(=O)OC)c2)cc1.COC(=O)c1ccc(C(=O)N(C)c2ccc(C(=O)Cl)cc2)cc1C(=O)OC. The molecular formula is C98H86ClN5O23. The van der Waals surface area contributed by atoms with Gasteiger partial charge >= 0.3 is 53.7 Å². The summed E-state index contributed by atoms with van der Waals surface area (Å²) in [6.07, 6.45) is 11.0. The molecule has 0 aliphatic carbocycles. The predicted molar refractivity (Wildman–Crippen MR) is 481 cm³/mol. The van der Waals surface area contributed by atoms with Crippen LogP contribution in [0, 0.1) is 6.92 Å². The molecule has 648 valence electrons. The minimum Gasteiger partial charge on any atom is -0.478 e. The van der Waals surface area contributed by atoms with Gasteiger partial charge in [0.1, 0.15) is 0 Å². The van der Waals surface area contributed by atoms with Crippen molar-refractivity contribution < 1.29 is 110 Å². The van der Waals surface area contributed by atoms with Gasteiger partial charge in [0.2, 0.25) is 0 Å². The number of hydrogen-bond donors (Lipinski definition) is 4. The number of carbonyl (C=O) groups excluding carboxylic acids is 13. The number of methoxy groups -OCH3 is 8. The summed E-state index contributed by atoms with van der Waals surface area (Å²) in [5.41, 5.74) is 12.0. The maximum absolute atomic E-state index is 13.1. The minimum absolute atomic E-state index is 0.00599. The number of rotatable bonds is 25. The largest absolute Gasteiger partial charge is 0.478 e. The first kappa shape index (κ1) is 96.0. The van der Waals surface area contributed by atoms with Gasteiger partial charge in [-0.15, -0.1) is 0 Å². The number of carboxylic acids is 1. The first-order valence-corrected chi connectivity index (χ1v) is 38.5. The molecule has 0 saturated carbocycles. The Morgan fingerprint density at radius 3 is 0.953 bits per heavy atom. The van der Waals surface area contributed by atoms with Gasteiger partial charge in [0.25, 0.3) is 28.9 Å². The minimum atomic E-state index is -1.15. The summed E-state index contributed by atoms with van der Waals surface area (Å²) in [5.74, 6) is -6.90. The Labute approximate surface area is 735 Å². The molecular weight excluding hydrogens is 1650 g/mol. The second-order valence-corrected chi connectivity index (χ2v) is 27.3. The zero-order valence-electron chi connectivity index (χ0n) is 70.8. The molecule has 0 unspecified atom stereocenters. The van der Waals surface area contributed by atoms with Crippen LogP contribution in [0.1, 0.15) is 184 Å². The van der Waals surface area contributed by atoms with E-state index < -0.39 is 64.7 Å². The van der Waals surface area contributed by atoms with Crippen LogP contribution in [-0.2, 0) is 37.9 Å². The molecule has 4 N–H and O–H groups in total. The second kappa shape index (κ2) is 46.5. The molecule has 0 aliphatic rings. The Kier molecular flexibility index (Phi) is 35.1. The van der Waals surface area contributed by atoms with Crippen molar-refractivity contribution in [1.82, 2.24) is 0 Å². The van der Waals surface area contributed by atoms with Gasteiger partial charge in [0.15, 0.2) is 0 Å². The lowest BCUT2D eigenvalue weighted by molar-refractivity contribution is 0.0555. The molecule has 28 nitrogen and oxygen atoms in total. The van der Waals surface area contributed by atoms with Gasteiger partial charge in [-0.3, -0.25) is 24.0 Å². The van der Waals surface area contributed by atoms with E-state index in [2.05, 4.69) is 39.6 Å². The highest BCUT2D eigenvalue weighted by Crippen LogP contribution is 2.28. The predicted octanol–water partition coefficient (Wildman–Crippen LogP) is 17.0. The van der Waals surface area contributed by atoms with Crippen LogP contribution in [0.4, 0.5) is 28.4 Å². The van der Waals surface area contributed by atoms with E-state index >= 15 is 0 Å². The lowest BCUT2D eigenvalue weighted by atomic mass is 10.0. The van der Waals surface area contributed by atoms with Gasteiger partial charge in [-0.05, 0) is 239 Å². The fraction of sp³-hybridized carbons (Fsp3) is 0.122. The summed E-state index contributed by atoms with van der Waals surface area (Å²) < 4.78 is 37.7. The number of esters is 8. The van der Waals surface area contributed by atoms with Gasteiger partial charge in [-0.25, -0.2) is 43.2 Å². The van der Waals surface area contributed by atoms with E-state index in [-0.39, 0.29) is 57.0 Å². The first-order valence-electron chi connectivity index (χ1n) is 38.1. The summed E-state index contributed by atoms with van der Waals surface area (Å²) in [4.78, 5) is 171. The molecule has 0 fully saturated rings.